The van der Waals surface area contributed by atoms with Crippen LogP contribution in [0.15, 0.2) is 0 Å². The minimum atomic E-state index is -0.708. The largest absolute Gasteiger partial charge is 0.481 e. The Bertz CT molecular complexity index is 236. The molecule has 0 aromatic heterocycles. The average Bonchev–Trinajstić information content (AvgIpc) is 2.23. The molecule has 0 saturated heterocycles. The topological polar surface area (TPSA) is 54.4 Å². The molecule has 3 nitrogen and oxygen atoms in total. The number of ketones is 1. The highest BCUT2D eigenvalue weighted by Gasteiger charge is 2.11. The van der Waals surface area contributed by atoms with Crippen LogP contribution in [0.25, 0.3) is 0 Å². The molecule has 0 aliphatic carbocycles. The van der Waals surface area contributed by atoms with Crippen molar-refractivity contribution in [1.82, 2.24) is 0 Å². The quantitative estimate of drug-likeness (QED) is 0.636. The van der Waals surface area contributed by atoms with Crippen molar-refractivity contribution in [1.29, 1.82) is 0 Å². The highest BCUT2D eigenvalue weighted by molar-refractivity contribution is 5.75. The Morgan fingerprint density at radius 1 is 1.18 bits per heavy atom. The summed E-state index contributed by atoms with van der Waals surface area (Å²) in [6.45, 7) is 5.95. The first kappa shape index (κ1) is 16.1. The number of carbonyl (C=O) groups is 2. The van der Waals surface area contributed by atoms with Gasteiger partial charge in [-0.2, -0.15) is 0 Å². The first-order valence-corrected chi connectivity index (χ1v) is 6.66. The maximum atomic E-state index is 11.0. The molecule has 0 saturated carbocycles. The molecule has 100 valence electrons. The number of rotatable bonds is 10. The van der Waals surface area contributed by atoms with Crippen LogP contribution in [0.2, 0.25) is 0 Å². The summed E-state index contributed by atoms with van der Waals surface area (Å²) in [5.74, 6) is 0.639. The van der Waals surface area contributed by atoms with Crippen molar-refractivity contribution in [3.05, 3.63) is 0 Å². The Labute approximate surface area is 105 Å². The van der Waals surface area contributed by atoms with Gasteiger partial charge in [0.05, 0.1) is 0 Å². The summed E-state index contributed by atoms with van der Waals surface area (Å²) in [6, 6.07) is 0. The van der Waals surface area contributed by atoms with Gasteiger partial charge >= 0.3 is 5.97 Å². The number of carboxylic acids is 1. The van der Waals surface area contributed by atoms with E-state index in [9.17, 15) is 9.59 Å². The van der Waals surface area contributed by atoms with Gasteiger partial charge in [-0.15, -0.1) is 0 Å². The van der Waals surface area contributed by atoms with E-state index in [-0.39, 0.29) is 12.2 Å². The SMILES string of the molecule is CCC(CCC(C)CCCC(=O)O)CC(C)=O. The Morgan fingerprint density at radius 2 is 1.82 bits per heavy atom. The Hall–Kier alpha value is -0.860. The predicted molar refractivity (Wildman–Crippen MR) is 69.0 cm³/mol. The average molecular weight is 242 g/mol. The zero-order valence-electron chi connectivity index (χ0n) is 11.4. The van der Waals surface area contributed by atoms with Crippen molar-refractivity contribution in [2.45, 2.75) is 65.7 Å². The van der Waals surface area contributed by atoms with Gasteiger partial charge in [-0.1, -0.05) is 33.1 Å². The van der Waals surface area contributed by atoms with Gasteiger partial charge in [0.15, 0.2) is 0 Å². The molecular weight excluding hydrogens is 216 g/mol. The molecule has 0 aliphatic rings. The number of Topliss-reactive ketones (excluding diaryl/α,β-unsaturated/α-hetero) is 1. The van der Waals surface area contributed by atoms with Crippen LogP contribution in [0.5, 0.6) is 0 Å². The van der Waals surface area contributed by atoms with Crippen LogP contribution in [0.4, 0.5) is 0 Å². The second-order valence-corrected chi connectivity index (χ2v) is 5.15. The zero-order valence-corrected chi connectivity index (χ0v) is 11.4. The van der Waals surface area contributed by atoms with Crippen molar-refractivity contribution in [3.8, 4) is 0 Å². The van der Waals surface area contributed by atoms with Crippen LogP contribution >= 0.6 is 0 Å². The molecule has 0 aliphatic heterocycles. The summed E-state index contributed by atoms with van der Waals surface area (Å²) in [6.07, 6.45) is 5.95. The molecule has 3 heteroatoms. The minimum Gasteiger partial charge on any atom is -0.481 e. The number of carbonyl (C=O) groups excluding carboxylic acids is 1. The summed E-state index contributed by atoms with van der Waals surface area (Å²) in [4.78, 5) is 21.4. The highest BCUT2D eigenvalue weighted by atomic mass is 16.4. The van der Waals surface area contributed by atoms with E-state index < -0.39 is 5.97 Å². The van der Waals surface area contributed by atoms with E-state index in [1.807, 2.05) is 0 Å². The van der Waals surface area contributed by atoms with Gasteiger partial charge < -0.3 is 9.90 Å². The third-order valence-corrected chi connectivity index (χ3v) is 3.31. The van der Waals surface area contributed by atoms with Gasteiger partial charge in [0, 0.05) is 12.8 Å². The fraction of sp³-hybridized carbons (Fsp3) is 0.857. The van der Waals surface area contributed by atoms with E-state index in [2.05, 4.69) is 13.8 Å². The molecule has 2 atom stereocenters. The number of aliphatic carboxylic acids is 1. The lowest BCUT2D eigenvalue weighted by atomic mass is 9.89. The minimum absolute atomic E-state index is 0.273. The maximum absolute atomic E-state index is 11.0. The Kier molecular flexibility index (Phi) is 8.73. The lowest BCUT2D eigenvalue weighted by molar-refractivity contribution is -0.137. The van der Waals surface area contributed by atoms with Crippen LogP contribution in [0, 0.1) is 11.8 Å². The molecule has 0 heterocycles. The van der Waals surface area contributed by atoms with Crippen molar-refractivity contribution in [3.63, 3.8) is 0 Å². The normalized spacial score (nSPS) is 14.3. The lowest BCUT2D eigenvalue weighted by Crippen LogP contribution is -2.07. The van der Waals surface area contributed by atoms with Crippen LogP contribution in [0.3, 0.4) is 0 Å². The van der Waals surface area contributed by atoms with Gasteiger partial charge in [-0.25, -0.2) is 0 Å². The lowest BCUT2D eigenvalue weighted by Gasteiger charge is -2.16. The van der Waals surface area contributed by atoms with Gasteiger partial charge in [-0.3, -0.25) is 4.79 Å². The van der Waals surface area contributed by atoms with E-state index in [1.54, 1.807) is 6.92 Å². The molecule has 17 heavy (non-hydrogen) atoms. The zero-order chi connectivity index (χ0) is 13.3. The van der Waals surface area contributed by atoms with Gasteiger partial charge in [0.25, 0.3) is 0 Å². The van der Waals surface area contributed by atoms with E-state index in [0.29, 0.717) is 18.3 Å². The monoisotopic (exact) mass is 242 g/mol. The summed E-state index contributed by atoms with van der Waals surface area (Å²) in [7, 11) is 0. The fourth-order valence-corrected chi connectivity index (χ4v) is 2.12. The van der Waals surface area contributed by atoms with Crippen molar-refractivity contribution in [2.24, 2.45) is 11.8 Å². The van der Waals surface area contributed by atoms with Crippen LogP contribution in [0.1, 0.15) is 65.7 Å². The second kappa shape index (κ2) is 9.20. The maximum Gasteiger partial charge on any atom is 0.303 e. The summed E-state index contributed by atoms with van der Waals surface area (Å²) < 4.78 is 0. The van der Waals surface area contributed by atoms with Crippen molar-refractivity contribution >= 4 is 11.8 Å². The third-order valence-electron chi connectivity index (χ3n) is 3.31. The van der Waals surface area contributed by atoms with E-state index in [4.69, 9.17) is 5.11 Å². The Morgan fingerprint density at radius 3 is 2.29 bits per heavy atom. The van der Waals surface area contributed by atoms with E-state index >= 15 is 0 Å². The molecule has 0 bridgehead atoms. The van der Waals surface area contributed by atoms with Crippen LogP contribution < -0.4 is 0 Å². The summed E-state index contributed by atoms with van der Waals surface area (Å²) >= 11 is 0. The standard InChI is InChI=1S/C14H26O3/c1-4-13(10-12(3)15)9-8-11(2)6-5-7-14(16)17/h11,13H,4-10H2,1-3H3,(H,16,17). The van der Waals surface area contributed by atoms with Crippen molar-refractivity contribution in [2.75, 3.05) is 0 Å². The predicted octanol–water partition coefficient (Wildman–Crippen LogP) is 3.66. The highest BCUT2D eigenvalue weighted by Crippen LogP contribution is 2.22. The van der Waals surface area contributed by atoms with Gasteiger partial charge in [-0.05, 0) is 31.6 Å². The summed E-state index contributed by atoms with van der Waals surface area (Å²) in [5, 5.41) is 8.54. The molecule has 0 aromatic carbocycles. The van der Waals surface area contributed by atoms with E-state index in [0.717, 1.165) is 32.1 Å². The first-order valence-electron chi connectivity index (χ1n) is 6.66. The molecule has 0 rings (SSSR count). The first-order chi connectivity index (χ1) is 7.95. The fourth-order valence-electron chi connectivity index (χ4n) is 2.12. The summed E-state index contributed by atoms with van der Waals surface area (Å²) in [5.41, 5.74) is 0. The number of carboxylic acid groups (broad SMARTS) is 1. The molecule has 0 fully saturated rings. The molecular formula is C14H26O3. The van der Waals surface area contributed by atoms with E-state index in [1.165, 1.54) is 0 Å². The van der Waals surface area contributed by atoms with Crippen LogP contribution in [-0.2, 0) is 9.59 Å². The van der Waals surface area contributed by atoms with Gasteiger partial charge in [0.2, 0.25) is 0 Å². The number of hydrogen-bond acceptors (Lipinski definition) is 2. The molecule has 0 spiro atoms. The molecule has 0 amide bonds. The molecule has 2 unspecified atom stereocenters. The third kappa shape index (κ3) is 10.0. The Balaban J connectivity index is 3.69. The second-order valence-electron chi connectivity index (χ2n) is 5.15. The number of hydrogen-bond donors (Lipinski definition) is 1. The smallest absolute Gasteiger partial charge is 0.303 e. The van der Waals surface area contributed by atoms with Crippen molar-refractivity contribution < 1.29 is 14.7 Å². The molecule has 1 N–H and O–H groups in total. The van der Waals surface area contributed by atoms with Crippen LogP contribution in [-0.4, -0.2) is 16.9 Å². The molecule has 0 aromatic rings. The molecule has 0 radical (unpaired) electrons. The van der Waals surface area contributed by atoms with Gasteiger partial charge in [0.1, 0.15) is 5.78 Å².